The molecule has 0 fully saturated rings. The van der Waals surface area contributed by atoms with Crippen molar-refractivity contribution in [1.29, 1.82) is 0 Å². The van der Waals surface area contributed by atoms with E-state index in [2.05, 4.69) is 15.5 Å². The lowest BCUT2D eigenvalue weighted by atomic mass is 10.1. The largest absolute Gasteiger partial charge is 0.347 e. The predicted octanol–water partition coefficient (Wildman–Crippen LogP) is 2.58. The molecule has 1 aromatic carbocycles. The number of aryl methyl sites for hydroxylation is 2. The summed E-state index contributed by atoms with van der Waals surface area (Å²) in [6, 6.07) is 13.4. The number of fused-ring (bicyclic) bond motifs is 3. The molecule has 4 aromatic rings. The van der Waals surface area contributed by atoms with Crippen LogP contribution in [-0.2, 0) is 11.8 Å². The highest BCUT2D eigenvalue weighted by atomic mass is 32.2. The minimum Gasteiger partial charge on any atom is -0.347 e. The average Bonchev–Trinajstić information content (AvgIpc) is 3.26. The average molecular weight is 379 g/mol. The van der Waals surface area contributed by atoms with Crippen molar-refractivity contribution >= 4 is 40.1 Å². The van der Waals surface area contributed by atoms with Crippen molar-refractivity contribution in [2.24, 2.45) is 7.05 Å². The predicted molar refractivity (Wildman–Crippen MR) is 104 cm³/mol. The van der Waals surface area contributed by atoms with Crippen LogP contribution in [0.25, 0.3) is 16.6 Å². The first-order valence-corrected chi connectivity index (χ1v) is 9.35. The molecule has 1 N–H and O–H groups in total. The lowest BCUT2D eigenvalue weighted by Crippen LogP contribution is -2.33. The molecule has 27 heavy (non-hydrogen) atoms. The number of pyridine rings is 1. The highest BCUT2D eigenvalue weighted by Gasteiger charge is 2.16. The van der Waals surface area contributed by atoms with Crippen molar-refractivity contribution in [3.63, 3.8) is 0 Å². The molecule has 0 aliphatic heterocycles. The van der Waals surface area contributed by atoms with E-state index in [4.69, 9.17) is 0 Å². The van der Waals surface area contributed by atoms with Gasteiger partial charge in [-0.2, -0.15) is 0 Å². The second-order valence-electron chi connectivity index (χ2n) is 6.19. The summed E-state index contributed by atoms with van der Waals surface area (Å²) < 4.78 is 3.59. The van der Waals surface area contributed by atoms with E-state index >= 15 is 0 Å². The van der Waals surface area contributed by atoms with Crippen molar-refractivity contribution in [3.05, 3.63) is 59.9 Å². The Hall–Kier alpha value is -3.13. The van der Waals surface area contributed by atoms with E-state index in [0.29, 0.717) is 10.9 Å². The Morgan fingerprint density at radius 1 is 1.15 bits per heavy atom. The SMILES string of the molecule is Cc1cc2nnc(SCC(=O)NC(=O)c3cccn3C)n2c2ccccc12. The van der Waals surface area contributed by atoms with Crippen LogP contribution < -0.4 is 5.32 Å². The summed E-state index contributed by atoms with van der Waals surface area (Å²) in [5.41, 5.74) is 3.27. The number of hydrogen-bond donors (Lipinski definition) is 1. The second-order valence-corrected chi connectivity index (χ2v) is 7.13. The Bertz CT molecular complexity index is 1180. The molecule has 0 unspecified atom stereocenters. The van der Waals surface area contributed by atoms with Gasteiger partial charge in [0.2, 0.25) is 5.91 Å². The quantitative estimate of drug-likeness (QED) is 0.551. The number of nitrogens with zero attached hydrogens (tertiary/aromatic N) is 4. The van der Waals surface area contributed by atoms with Gasteiger partial charge in [-0.25, -0.2) is 0 Å². The smallest absolute Gasteiger partial charge is 0.274 e. The summed E-state index contributed by atoms with van der Waals surface area (Å²) in [7, 11) is 1.75. The van der Waals surface area contributed by atoms with Gasteiger partial charge in [0.05, 0.1) is 11.3 Å². The van der Waals surface area contributed by atoms with Crippen molar-refractivity contribution in [3.8, 4) is 0 Å². The van der Waals surface area contributed by atoms with Gasteiger partial charge in [-0.3, -0.25) is 19.3 Å². The van der Waals surface area contributed by atoms with Gasteiger partial charge in [-0.05, 0) is 36.8 Å². The number of thioether (sulfide) groups is 1. The number of para-hydroxylation sites is 1. The standard InChI is InChI=1S/C19H17N5O2S/c1-12-10-16-21-22-19(24(16)14-7-4-3-6-13(12)14)27-11-17(25)20-18(26)15-8-5-9-23(15)2/h3-10H,11H2,1-2H3,(H,20,25,26). The van der Waals surface area contributed by atoms with Crippen LogP contribution in [0.5, 0.6) is 0 Å². The van der Waals surface area contributed by atoms with E-state index in [9.17, 15) is 9.59 Å². The van der Waals surface area contributed by atoms with Crippen molar-refractivity contribution in [2.75, 3.05) is 5.75 Å². The third-order valence-electron chi connectivity index (χ3n) is 4.34. The van der Waals surface area contributed by atoms with E-state index < -0.39 is 5.91 Å². The van der Waals surface area contributed by atoms with Gasteiger partial charge in [0.25, 0.3) is 5.91 Å². The number of carbonyl (C=O) groups excluding carboxylic acids is 2. The lowest BCUT2D eigenvalue weighted by molar-refractivity contribution is -0.117. The first-order chi connectivity index (χ1) is 13.0. The highest BCUT2D eigenvalue weighted by molar-refractivity contribution is 7.99. The Kier molecular flexibility index (Phi) is 4.41. The second kappa shape index (κ2) is 6.88. The zero-order chi connectivity index (χ0) is 19.0. The summed E-state index contributed by atoms with van der Waals surface area (Å²) in [6.07, 6.45) is 1.75. The van der Waals surface area contributed by atoms with E-state index in [0.717, 1.165) is 22.1 Å². The number of amides is 2. The maximum absolute atomic E-state index is 12.2. The third-order valence-corrected chi connectivity index (χ3v) is 5.26. The highest BCUT2D eigenvalue weighted by Crippen LogP contribution is 2.25. The van der Waals surface area contributed by atoms with Gasteiger partial charge in [-0.1, -0.05) is 30.0 Å². The Labute approximate surface area is 159 Å². The normalized spacial score (nSPS) is 11.2. The number of hydrogen-bond acceptors (Lipinski definition) is 5. The van der Waals surface area contributed by atoms with E-state index in [1.54, 1.807) is 29.9 Å². The first kappa shape index (κ1) is 17.3. The Morgan fingerprint density at radius 3 is 2.74 bits per heavy atom. The fraction of sp³-hybridized carbons (Fsp3) is 0.158. The van der Waals surface area contributed by atoms with Crippen molar-refractivity contribution in [2.45, 2.75) is 12.1 Å². The summed E-state index contributed by atoms with van der Waals surface area (Å²) in [6.45, 7) is 2.03. The lowest BCUT2D eigenvalue weighted by Gasteiger charge is -2.07. The van der Waals surface area contributed by atoms with Gasteiger partial charge in [0.1, 0.15) is 5.69 Å². The van der Waals surface area contributed by atoms with E-state index in [1.807, 2.05) is 41.7 Å². The fourth-order valence-corrected chi connectivity index (χ4v) is 3.77. The molecule has 7 nitrogen and oxygen atoms in total. The van der Waals surface area contributed by atoms with Gasteiger partial charge in [-0.15, -0.1) is 10.2 Å². The maximum Gasteiger partial charge on any atom is 0.274 e. The molecule has 0 bridgehead atoms. The molecular weight excluding hydrogens is 362 g/mol. The molecule has 0 spiro atoms. The van der Waals surface area contributed by atoms with Crippen LogP contribution in [0, 0.1) is 6.92 Å². The molecule has 3 aromatic heterocycles. The maximum atomic E-state index is 12.2. The number of carbonyl (C=O) groups is 2. The van der Waals surface area contributed by atoms with Crippen molar-refractivity contribution in [1.82, 2.24) is 24.5 Å². The van der Waals surface area contributed by atoms with Crippen molar-refractivity contribution < 1.29 is 9.59 Å². The van der Waals surface area contributed by atoms with Gasteiger partial charge >= 0.3 is 0 Å². The minimum absolute atomic E-state index is 0.0686. The third kappa shape index (κ3) is 3.19. The molecule has 0 atom stereocenters. The molecule has 136 valence electrons. The molecule has 0 saturated heterocycles. The van der Waals surface area contributed by atoms with Crippen LogP contribution in [0.1, 0.15) is 16.1 Å². The van der Waals surface area contributed by atoms with Crippen LogP contribution in [0.4, 0.5) is 0 Å². The van der Waals surface area contributed by atoms with Gasteiger partial charge in [0.15, 0.2) is 10.8 Å². The van der Waals surface area contributed by atoms with Crippen LogP contribution in [0.2, 0.25) is 0 Å². The molecule has 0 saturated carbocycles. The van der Waals surface area contributed by atoms with Gasteiger partial charge in [0, 0.05) is 18.6 Å². The van der Waals surface area contributed by atoms with Crippen LogP contribution in [0.3, 0.4) is 0 Å². The van der Waals surface area contributed by atoms with Crippen LogP contribution in [-0.4, -0.2) is 36.7 Å². The van der Waals surface area contributed by atoms with Crippen LogP contribution in [0.15, 0.2) is 53.8 Å². The summed E-state index contributed by atoms with van der Waals surface area (Å²) in [5.74, 6) is -0.723. The first-order valence-electron chi connectivity index (χ1n) is 8.36. The minimum atomic E-state index is -0.416. The topological polar surface area (TPSA) is 81.3 Å². The van der Waals surface area contributed by atoms with Crippen LogP contribution >= 0.6 is 11.8 Å². The monoisotopic (exact) mass is 379 g/mol. The summed E-state index contributed by atoms with van der Waals surface area (Å²) in [4.78, 5) is 24.3. The Balaban J connectivity index is 1.54. The zero-order valence-electron chi connectivity index (χ0n) is 14.8. The number of nitrogens with one attached hydrogen (secondary N) is 1. The fourth-order valence-electron chi connectivity index (χ4n) is 3.02. The Morgan fingerprint density at radius 2 is 1.96 bits per heavy atom. The molecule has 0 aliphatic rings. The molecule has 8 heteroatoms. The molecular formula is C19H17N5O2S. The molecule has 0 radical (unpaired) electrons. The molecule has 4 rings (SSSR count). The summed E-state index contributed by atoms with van der Waals surface area (Å²) >= 11 is 1.25. The van der Waals surface area contributed by atoms with Gasteiger partial charge < -0.3 is 4.57 Å². The van der Waals surface area contributed by atoms with E-state index in [-0.39, 0.29) is 11.7 Å². The summed E-state index contributed by atoms with van der Waals surface area (Å²) in [5, 5.41) is 12.5. The van der Waals surface area contributed by atoms with E-state index in [1.165, 1.54) is 11.8 Å². The molecule has 0 aliphatic carbocycles. The number of rotatable bonds is 4. The molecule has 2 amide bonds. The number of benzene rings is 1. The zero-order valence-corrected chi connectivity index (χ0v) is 15.7. The number of aromatic nitrogens is 4. The molecule has 3 heterocycles. The number of imide groups is 1.